The molecule has 0 radical (unpaired) electrons. The fraction of sp³-hybridized carbons (Fsp3) is 0. The summed E-state index contributed by atoms with van der Waals surface area (Å²) >= 11 is 1.77. The zero-order chi connectivity index (χ0) is 47.5. The summed E-state index contributed by atoms with van der Waals surface area (Å²) in [5, 5.41) is 4.49. The van der Waals surface area contributed by atoms with Crippen molar-refractivity contribution >= 4 is 53.4 Å². The van der Waals surface area contributed by atoms with Gasteiger partial charge < -0.3 is 4.42 Å². The summed E-state index contributed by atoms with van der Waals surface area (Å²) in [4.78, 5) is 40.2. The van der Waals surface area contributed by atoms with Gasteiger partial charge in [0.25, 0.3) is 0 Å². The van der Waals surface area contributed by atoms with Crippen LogP contribution in [-0.2, 0) is 0 Å². The van der Waals surface area contributed by atoms with Crippen molar-refractivity contribution < 1.29 is 4.42 Å². The normalized spacial score (nSPS) is 11.6. The van der Waals surface area contributed by atoms with Crippen LogP contribution in [0.4, 0.5) is 0 Å². The highest BCUT2D eigenvalue weighted by Crippen LogP contribution is 2.41. The third-order valence-corrected chi connectivity index (χ3v) is 14.1. The summed E-state index contributed by atoms with van der Waals surface area (Å²) in [6.45, 7) is 0. The number of para-hydroxylation sites is 2. The Balaban J connectivity index is 0.833. The molecule has 8 aromatic carbocycles. The number of rotatable bonds is 9. The third kappa shape index (κ3) is 7.12. The van der Waals surface area contributed by atoms with Crippen LogP contribution in [0.2, 0.25) is 0 Å². The predicted molar refractivity (Wildman–Crippen MR) is 286 cm³/mol. The van der Waals surface area contributed by atoms with Crippen molar-refractivity contribution in [2.75, 3.05) is 0 Å². The van der Waals surface area contributed by atoms with E-state index in [4.69, 9.17) is 44.3 Å². The van der Waals surface area contributed by atoms with E-state index < -0.39 is 0 Å². The van der Waals surface area contributed by atoms with Crippen molar-refractivity contribution in [1.82, 2.24) is 49.0 Å². The Labute approximate surface area is 415 Å². The Bertz CT molecular complexity index is 4350. The first-order valence-corrected chi connectivity index (χ1v) is 24.2. The van der Waals surface area contributed by atoms with E-state index in [1.165, 1.54) is 15.5 Å². The van der Waals surface area contributed by atoms with E-state index >= 15 is 0 Å². The smallest absolute Gasteiger partial charge is 0.239 e. The molecule has 14 aromatic rings. The van der Waals surface area contributed by atoms with Gasteiger partial charge in [-0.05, 0) is 41.5 Å². The van der Waals surface area contributed by atoms with Crippen LogP contribution in [0.5, 0.6) is 0 Å². The number of thiophene rings is 1. The van der Waals surface area contributed by atoms with Crippen molar-refractivity contribution in [3.8, 4) is 91.4 Å². The quantitative estimate of drug-likeness (QED) is 0.139. The van der Waals surface area contributed by atoms with E-state index in [1.54, 1.807) is 23.7 Å². The molecule has 0 saturated carbocycles. The molecule has 0 aliphatic carbocycles. The lowest BCUT2D eigenvalue weighted by atomic mass is 10.0. The van der Waals surface area contributed by atoms with Gasteiger partial charge in [0.1, 0.15) is 17.0 Å². The highest BCUT2D eigenvalue weighted by atomic mass is 32.1. The fourth-order valence-corrected chi connectivity index (χ4v) is 10.7. The van der Waals surface area contributed by atoms with E-state index in [9.17, 15) is 0 Å². The van der Waals surface area contributed by atoms with E-state index in [1.807, 2.05) is 125 Å². The number of aromatic nitrogens is 10. The largest absolute Gasteiger partial charge is 0.455 e. The Hall–Kier alpha value is -9.78. The van der Waals surface area contributed by atoms with Crippen molar-refractivity contribution in [1.29, 1.82) is 0 Å². The maximum atomic E-state index is 6.44. The molecule has 0 atom stereocenters. The summed E-state index contributed by atoms with van der Waals surface area (Å²) < 4.78 is 12.7. The van der Waals surface area contributed by atoms with Crippen LogP contribution >= 0.6 is 11.3 Å². The minimum absolute atomic E-state index is 0.431. The molecule has 72 heavy (non-hydrogen) atoms. The van der Waals surface area contributed by atoms with Gasteiger partial charge in [-0.2, -0.15) is 19.9 Å². The summed E-state index contributed by atoms with van der Waals surface area (Å²) in [5.41, 5.74) is 8.82. The first-order chi connectivity index (χ1) is 35.7. The summed E-state index contributed by atoms with van der Waals surface area (Å²) in [6.07, 6.45) is 7.36. The Morgan fingerprint density at radius 2 is 0.847 bits per heavy atom. The van der Waals surface area contributed by atoms with Gasteiger partial charge in [-0.3, -0.25) is 9.13 Å². The second-order valence-corrected chi connectivity index (χ2v) is 18.3. The molecule has 0 N–H and O–H groups in total. The number of hydrogen-bond donors (Lipinski definition) is 0. The second kappa shape index (κ2) is 17.0. The number of imidazole rings is 2. The maximum absolute atomic E-state index is 6.44. The first kappa shape index (κ1) is 41.2. The summed E-state index contributed by atoms with van der Waals surface area (Å²) in [6, 6.07) is 65.6. The Morgan fingerprint density at radius 1 is 0.361 bits per heavy atom. The van der Waals surface area contributed by atoms with E-state index in [0.29, 0.717) is 41.0 Å². The minimum atomic E-state index is 0.431. The molecule has 0 bridgehead atoms. The number of furan rings is 1. The van der Waals surface area contributed by atoms with Gasteiger partial charge in [0.2, 0.25) is 11.9 Å². The molecule has 6 heterocycles. The molecule has 338 valence electrons. The van der Waals surface area contributed by atoms with E-state index in [-0.39, 0.29) is 0 Å². The van der Waals surface area contributed by atoms with Gasteiger partial charge in [0, 0.05) is 83.5 Å². The topological polar surface area (TPSA) is 126 Å². The summed E-state index contributed by atoms with van der Waals surface area (Å²) in [7, 11) is 0. The predicted octanol–water partition coefficient (Wildman–Crippen LogP) is 14.4. The van der Waals surface area contributed by atoms with E-state index in [0.717, 1.165) is 77.0 Å². The molecule has 12 heteroatoms. The lowest BCUT2D eigenvalue weighted by Gasteiger charge is -2.12. The monoisotopic (exact) mass is 944 g/mol. The number of benzene rings is 8. The number of hydrogen-bond acceptors (Lipinski definition) is 10. The molecule has 6 aromatic heterocycles. The number of fused-ring (bicyclic) bond motifs is 6. The average Bonchev–Trinajstić information content (AvgIpc) is 4.29. The highest BCUT2D eigenvalue weighted by molar-refractivity contribution is 7.26. The zero-order valence-corrected chi connectivity index (χ0v) is 38.9. The van der Waals surface area contributed by atoms with Crippen molar-refractivity contribution in [3.63, 3.8) is 0 Å². The van der Waals surface area contributed by atoms with Crippen molar-refractivity contribution in [3.05, 3.63) is 219 Å². The average molecular weight is 945 g/mol. The maximum Gasteiger partial charge on any atom is 0.239 e. The van der Waals surface area contributed by atoms with Crippen LogP contribution in [-0.4, -0.2) is 49.0 Å². The zero-order valence-electron chi connectivity index (χ0n) is 38.1. The van der Waals surface area contributed by atoms with Crippen LogP contribution in [0.1, 0.15) is 0 Å². The van der Waals surface area contributed by atoms with Gasteiger partial charge >= 0.3 is 0 Å². The molecule has 14 rings (SSSR count). The summed E-state index contributed by atoms with van der Waals surface area (Å²) in [5.74, 6) is 4.48. The molecule has 0 spiro atoms. The first-order valence-electron chi connectivity index (χ1n) is 23.4. The van der Waals surface area contributed by atoms with Gasteiger partial charge in [0.15, 0.2) is 29.1 Å². The molecule has 11 nitrogen and oxygen atoms in total. The third-order valence-electron chi connectivity index (χ3n) is 12.9. The van der Waals surface area contributed by atoms with Crippen LogP contribution < -0.4 is 0 Å². The molecular formula is C60H36N10OS. The molecule has 0 saturated heterocycles. The Morgan fingerprint density at radius 3 is 1.53 bits per heavy atom. The van der Waals surface area contributed by atoms with Gasteiger partial charge in [-0.1, -0.05) is 164 Å². The second-order valence-electron chi connectivity index (χ2n) is 17.3. The molecule has 0 aliphatic rings. The lowest BCUT2D eigenvalue weighted by molar-refractivity contribution is 0.669. The fourth-order valence-electron chi connectivity index (χ4n) is 9.46. The highest BCUT2D eigenvalue weighted by Gasteiger charge is 2.22. The molecule has 0 amide bonds. The SMILES string of the molecule is c1ccc(-c2nc(-c3cccc(-c4ccc(-c5nc(-c6ccccc6)nc(-n6ccnc6-c6cccc7c6sc6ccccc67)n5)cc4)c3)nc(-n3ccnc3-c3cccc4c3oc3ccccc34)n2)cc1. The standard InChI is InChI=1S/C60H36N10OS/c1-3-14-38(15-4-1)53-63-55(67-59(65-53)70-35-33-62-58(70)48-25-13-23-46-44-21-8-10-27-50(44)72-52(46)48)40-30-28-37(29-31-40)41-18-11-19-42(36-41)56-64-54(39-16-5-2-6-17-39)66-60(68-56)69-34-32-61-57(69)47-24-12-22-45-43-20-7-9-26-49(43)71-51(45)47/h1-36H. The van der Waals surface area contributed by atoms with Crippen LogP contribution in [0.25, 0.3) is 133 Å². The van der Waals surface area contributed by atoms with Gasteiger partial charge in [0.05, 0.1) is 5.56 Å². The number of nitrogens with zero attached hydrogens (tertiary/aromatic N) is 10. The molecule has 0 aliphatic heterocycles. The molecular weight excluding hydrogens is 909 g/mol. The molecule has 0 unspecified atom stereocenters. The van der Waals surface area contributed by atoms with E-state index in [2.05, 4.69) is 91.0 Å². The lowest BCUT2D eigenvalue weighted by Crippen LogP contribution is -2.07. The van der Waals surface area contributed by atoms with Gasteiger partial charge in [-0.25, -0.2) is 19.9 Å². The van der Waals surface area contributed by atoms with Crippen molar-refractivity contribution in [2.45, 2.75) is 0 Å². The Kier molecular flexibility index (Phi) is 9.74. The minimum Gasteiger partial charge on any atom is -0.455 e. The van der Waals surface area contributed by atoms with Crippen LogP contribution in [0, 0.1) is 0 Å². The van der Waals surface area contributed by atoms with Gasteiger partial charge in [-0.15, -0.1) is 11.3 Å². The van der Waals surface area contributed by atoms with Crippen LogP contribution in [0.3, 0.4) is 0 Å². The molecule has 0 fully saturated rings. The van der Waals surface area contributed by atoms with Crippen LogP contribution in [0.15, 0.2) is 223 Å². The van der Waals surface area contributed by atoms with Crippen molar-refractivity contribution in [2.24, 2.45) is 0 Å².